The number of amides is 1. The maximum atomic E-state index is 13.2. The van der Waals surface area contributed by atoms with Gasteiger partial charge in [-0.25, -0.2) is 4.79 Å². The van der Waals surface area contributed by atoms with E-state index in [1.165, 1.54) is 0 Å². The van der Waals surface area contributed by atoms with Crippen LogP contribution in [0.3, 0.4) is 0 Å². The Morgan fingerprint density at radius 2 is 1.94 bits per heavy atom. The number of aryl methyl sites for hydroxylation is 1. The van der Waals surface area contributed by atoms with Crippen LogP contribution in [0.5, 0.6) is 0 Å². The number of rotatable bonds is 5. The van der Waals surface area contributed by atoms with E-state index in [9.17, 15) is 9.59 Å². The Hall–Kier alpha value is -3.25. The SMILES string of the molecule is Cc1cccc(C(C)C)c1NC(=O)COC(=O)c1c2c(nc3ccccc13)CCN(C)C2. The fourth-order valence-corrected chi connectivity index (χ4v) is 4.28. The van der Waals surface area contributed by atoms with Gasteiger partial charge in [0, 0.05) is 41.8 Å². The number of esters is 1. The summed E-state index contributed by atoms with van der Waals surface area (Å²) in [4.78, 5) is 32.8. The molecule has 2 heterocycles. The van der Waals surface area contributed by atoms with Crippen molar-refractivity contribution in [2.75, 3.05) is 25.5 Å². The molecule has 0 saturated heterocycles. The van der Waals surface area contributed by atoms with Crippen molar-refractivity contribution in [2.24, 2.45) is 0 Å². The Morgan fingerprint density at radius 1 is 1.16 bits per heavy atom. The molecule has 0 unspecified atom stereocenters. The minimum absolute atomic E-state index is 0.263. The van der Waals surface area contributed by atoms with Crippen molar-refractivity contribution in [1.82, 2.24) is 9.88 Å². The molecule has 0 saturated carbocycles. The smallest absolute Gasteiger partial charge is 0.339 e. The highest BCUT2D eigenvalue weighted by Gasteiger charge is 2.26. The molecule has 0 bridgehead atoms. The first-order valence-electron chi connectivity index (χ1n) is 11.0. The van der Waals surface area contributed by atoms with Crippen molar-refractivity contribution in [2.45, 2.75) is 39.7 Å². The molecule has 1 aliphatic heterocycles. The summed E-state index contributed by atoms with van der Waals surface area (Å²) in [5, 5.41) is 3.69. The van der Waals surface area contributed by atoms with Gasteiger partial charge in [0.25, 0.3) is 5.91 Å². The van der Waals surface area contributed by atoms with Gasteiger partial charge in [-0.1, -0.05) is 50.2 Å². The number of benzene rings is 2. The zero-order chi connectivity index (χ0) is 22.8. The number of ether oxygens (including phenoxy) is 1. The summed E-state index contributed by atoms with van der Waals surface area (Å²) in [5.41, 5.74) is 5.94. The van der Waals surface area contributed by atoms with E-state index in [1.807, 2.05) is 56.4 Å². The minimum Gasteiger partial charge on any atom is -0.452 e. The summed E-state index contributed by atoms with van der Waals surface area (Å²) in [6.07, 6.45) is 0.780. The van der Waals surface area contributed by atoms with E-state index in [-0.39, 0.29) is 18.4 Å². The number of anilines is 1. The predicted molar refractivity (Wildman–Crippen MR) is 126 cm³/mol. The molecule has 6 heteroatoms. The van der Waals surface area contributed by atoms with Crippen molar-refractivity contribution in [3.05, 3.63) is 70.4 Å². The van der Waals surface area contributed by atoms with Gasteiger partial charge in [0.2, 0.25) is 0 Å². The van der Waals surface area contributed by atoms with Gasteiger partial charge in [-0.05, 0) is 37.1 Å². The summed E-state index contributed by atoms with van der Waals surface area (Å²) >= 11 is 0. The Labute approximate surface area is 188 Å². The molecule has 166 valence electrons. The van der Waals surface area contributed by atoms with Gasteiger partial charge in [-0.15, -0.1) is 0 Å². The van der Waals surface area contributed by atoms with E-state index < -0.39 is 5.97 Å². The van der Waals surface area contributed by atoms with Gasteiger partial charge in [0.05, 0.1) is 11.1 Å². The first-order chi connectivity index (χ1) is 15.3. The first-order valence-corrected chi connectivity index (χ1v) is 11.0. The van der Waals surface area contributed by atoms with Crippen LogP contribution in [0.15, 0.2) is 42.5 Å². The number of nitrogens with zero attached hydrogens (tertiary/aromatic N) is 2. The second-order valence-electron chi connectivity index (χ2n) is 8.74. The minimum atomic E-state index is -0.487. The average molecular weight is 432 g/mol. The molecule has 0 aliphatic carbocycles. The normalized spacial score (nSPS) is 13.8. The molecule has 0 radical (unpaired) electrons. The van der Waals surface area contributed by atoms with Gasteiger partial charge in [0.1, 0.15) is 0 Å². The lowest BCUT2D eigenvalue weighted by molar-refractivity contribution is -0.119. The van der Waals surface area contributed by atoms with Crippen LogP contribution in [0.4, 0.5) is 5.69 Å². The van der Waals surface area contributed by atoms with Crippen LogP contribution in [0.2, 0.25) is 0 Å². The van der Waals surface area contributed by atoms with Crippen LogP contribution < -0.4 is 5.32 Å². The number of pyridine rings is 1. The van der Waals surface area contributed by atoms with Gasteiger partial charge in [0.15, 0.2) is 6.61 Å². The van der Waals surface area contributed by atoms with Crippen LogP contribution in [0.1, 0.15) is 52.5 Å². The molecular formula is C26H29N3O3. The number of hydrogen-bond acceptors (Lipinski definition) is 5. The van der Waals surface area contributed by atoms with E-state index >= 15 is 0 Å². The number of hydrogen-bond donors (Lipinski definition) is 1. The number of likely N-dealkylation sites (N-methyl/N-ethyl adjacent to an activating group) is 1. The highest BCUT2D eigenvalue weighted by Crippen LogP contribution is 2.29. The van der Waals surface area contributed by atoms with E-state index in [4.69, 9.17) is 9.72 Å². The Bertz CT molecular complexity index is 1190. The van der Waals surface area contributed by atoms with E-state index in [0.29, 0.717) is 12.1 Å². The van der Waals surface area contributed by atoms with Crippen molar-refractivity contribution in [1.29, 1.82) is 0 Å². The lowest BCUT2D eigenvalue weighted by atomic mass is 9.96. The van der Waals surface area contributed by atoms with Crippen molar-refractivity contribution in [3.8, 4) is 0 Å². The maximum Gasteiger partial charge on any atom is 0.339 e. The Balaban J connectivity index is 1.57. The van der Waals surface area contributed by atoms with Crippen LogP contribution >= 0.6 is 0 Å². The topological polar surface area (TPSA) is 71.5 Å². The van der Waals surface area contributed by atoms with Crippen molar-refractivity contribution in [3.63, 3.8) is 0 Å². The molecule has 4 rings (SSSR count). The molecule has 1 aromatic heterocycles. The average Bonchev–Trinajstić information content (AvgIpc) is 2.77. The highest BCUT2D eigenvalue weighted by atomic mass is 16.5. The molecule has 3 aromatic rings. The maximum absolute atomic E-state index is 13.2. The lowest BCUT2D eigenvalue weighted by Gasteiger charge is -2.26. The molecule has 32 heavy (non-hydrogen) atoms. The van der Waals surface area contributed by atoms with Gasteiger partial charge in [-0.3, -0.25) is 9.78 Å². The lowest BCUT2D eigenvalue weighted by Crippen LogP contribution is -2.30. The second-order valence-corrected chi connectivity index (χ2v) is 8.74. The zero-order valence-corrected chi connectivity index (χ0v) is 19.1. The largest absolute Gasteiger partial charge is 0.452 e. The molecule has 0 atom stereocenters. The van der Waals surface area contributed by atoms with Crippen LogP contribution in [0, 0.1) is 6.92 Å². The summed E-state index contributed by atoms with van der Waals surface area (Å²) in [6, 6.07) is 13.5. The summed E-state index contributed by atoms with van der Waals surface area (Å²) in [6.45, 7) is 7.30. The fraction of sp³-hybridized carbons (Fsp3) is 0.346. The molecule has 0 spiro atoms. The first kappa shape index (κ1) is 22.0. The number of carbonyl (C=O) groups excluding carboxylic acids is 2. The van der Waals surface area contributed by atoms with Crippen LogP contribution in [-0.4, -0.2) is 42.0 Å². The summed E-state index contributed by atoms with van der Waals surface area (Å²) in [5.74, 6) is -0.572. The predicted octanol–water partition coefficient (Wildman–Crippen LogP) is 4.45. The van der Waals surface area contributed by atoms with Gasteiger partial charge in [-0.2, -0.15) is 0 Å². The zero-order valence-electron chi connectivity index (χ0n) is 19.1. The molecule has 1 N–H and O–H groups in total. The van der Waals surface area contributed by atoms with Gasteiger partial charge >= 0.3 is 5.97 Å². The van der Waals surface area contributed by atoms with Crippen LogP contribution in [0.25, 0.3) is 10.9 Å². The molecular weight excluding hydrogens is 402 g/mol. The van der Waals surface area contributed by atoms with Crippen molar-refractivity contribution >= 4 is 28.5 Å². The van der Waals surface area contributed by atoms with E-state index in [0.717, 1.165) is 51.9 Å². The molecule has 1 amide bonds. The number of fused-ring (bicyclic) bond motifs is 2. The fourth-order valence-electron chi connectivity index (χ4n) is 4.28. The Kier molecular flexibility index (Phi) is 6.24. The summed E-state index contributed by atoms with van der Waals surface area (Å²) < 4.78 is 5.51. The molecule has 6 nitrogen and oxygen atoms in total. The number of para-hydroxylation sites is 2. The Morgan fingerprint density at radius 3 is 2.72 bits per heavy atom. The van der Waals surface area contributed by atoms with E-state index in [1.54, 1.807) is 0 Å². The molecule has 0 fully saturated rings. The third-order valence-electron chi connectivity index (χ3n) is 5.97. The standard InChI is InChI=1S/C26H29N3O3/c1-16(2)18-10-7-8-17(3)25(18)28-23(30)15-32-26(31)24-19-9-5-6-11-21(19)27-22-12-13-29(4)14-20(22)24/h5-11,16H,12-15H2,1-4H3,(H,28,30). The van der Waals surface area contributed by atoms with Gasteiger partial charge < -0.3 is 15.0 Å². The summed E-state index contributed by atoms with van der Waals surface area (Å²) in [7, 11) is 2.02. The monoisotopic (exact) mass is 431 g/mol. The van der Waals surface area contributed by atoms with Crippen LogP contribution in [-0.2, 0) is 22.5 Å². The second kappa shape index (κ2) is 9.09. The molecule has 2 aromatic carbocycles. The number of carbonyl (C=O) groups is 2. The van der Waals surface area contributed by atoms with Crippen molar-refractivity contribution < 1.29 is 14.3 Å². The number of nitrogens with one attached hydrogen (secondary N) is 1. The molecule has 1 aliphatic rings. The third-order valence-corrected chi connectivity index (χ3v) is 5.97. The number of aromatic nitrogens is 1. The van der Waals surface area contributed by atoms with E-state index in [2.05, 4.69) is 24.1 Å². The highest BCUT2D eigenvalue weighted by molar-refractivity contribution is 6.06. The third kappa shape index (κ3) is 4.36. The quantitative estimate of drug-likeness (QED) is 0.605.